The molecule has 0 heterocycles. The molecule has 0 amide bonds. The summed E-state index contributed by atoms with van der Waals surface area (Å²) in [5.41, 5.74) is 0. The zero-order valence-electron chi connectivity index (χ0n) is 14.2. The minimum Gasteiger partial charge on any atom is -0.477 e. The Bertz CT molecular complexity index is 642. The predicted octanol–water partition coefficient (Wildman–Crippen LogP) is 3.78. The first-order chi connectivity index (χ1) is 14.0. The van der Waals surface area contributed by atoms with E-state index in [-0.39, 0.29) is 0 Å². The first-order valence-electron chi connectivity index (χ1n) is 6.14. The van der Waals surface area contributed by atoms with Crippen molar-refractivity contribution in [3.8, 4) is 0 Å². The van der Waals surface area contributed by atoms with E-state index in [1.165, 1.54) is 0 Å². The zero-order chi connectivity index (χ0) is 28.4. The molecule has 0 fully saturated rings. The molecule has 23 heteroatoms. The molecule has 0 rings (SSSR count). The van der Waals surface area contributed by atoms with E-state index in [0.29, 0.717) is 0 Å². The number of carboxylic acid groups (broad SMARTS) is 4. The molecule has 0 saturated carbocycles. The lowest BCUT2D eigenvalue weighted by Gasteiger charge is -2.24. The third kappa shape index (κ3) is 15.6. The topological polar surface area (TPSA) is 149 Å². The van der Waals surface area contributed by atoms with Gasteiger partial charge in [-0.1, -0.05) is 0 Å². The van der Waals surface area contributed by atoms with Gasteiger partial charge in [0.25, 0.3) is 0 Å². The highest BCUT2D eigenvalue weighted by atomic mass is 35.5. The Balaban J connectivity index is -0.000000181. The van der Waals surface area contributed by atoms with Crippen LogP contribution in [-0.2, 0) is 19.2 Å². The van der Waals surface area contributed by atoms with Gasteiger partial charge >= 0.3 is 59.9 Å². The lowest BCUT2D eigenvalue weighted by molar-refractivity contribution is -0.347. The summed E-state index contributed by atoms with van der Waals surface area (Å²) in [6.07, 6.45) is -14.9. The fraction of sp³-hybridized carbons (Fsp3) is 0.600. The van der Waals surface area contributed by atoms with Crippen LogP contribution in [0.1, 0.15) is 0 Å². The van der Waals surface area contributed by atoms with E-state index < -0.39 is 59.9 Å². The van der Waals surface area contributed by atoms with Gasteiger partial charge in [0.1, 0.15) is 0 Å². The largest absolute Gasteiger partial charge is 0.490 e. The number of hydrogen-bond acceptors (Lipinski definition) is 4. The quantitative estimate of drug-likeness (QED) is 0.303. The van der Waals surface area contributed by atoms with Crippen LogP contribution in [0.2, 0.25) is 0 Å². The Kier molecular flexibility index (Phi) is 14.8. The second kappa shape index (κ2) is 13.0. The van der Waals surface area contributed by atoms with E-state index in [9.17, 15) is 66.3 Å². The molecule has 0 aliphatic rings. The fourth-order valence-corrected chi connectivity index (χ4v) is 0.312. The lowest BCUT2D eigenvalue weighted by atomic mass is 10.1. The number of rotatable bonds is 4. The van der Waals surface area contributed by atoms with Crippen LogP contribution in [0.3, 0.4) is 0 Å². The van der Waals surface area contributed by atoms with Crippen LogP contribution < -0.4 is 0 Å². The van der Waals surface area contributed by atoms with Gasteiger partial charge < -0.3 is 20.4 Å². The minimum absolute atomic E-state index is 2.07. The summed E-state index contributed by atoms with van der Waals surface area (Å²) in [5.74, 6) is -23.4. The summed E-state index contributed by atoms with van der Waals surface area (Å²) in [4.78, 5) is 36.4. The molecule has 0 aliphatic carbocycles. The van der Waals surface area contributed by atoms with E-state index in [1.54, 1.807) is 0 Å². The van der Waals surface area contributed by atoms with Crippen molar-refractivity contribution in [2.45, 2.75) is 36.0 Å². The average Bonchev–Trinajstić information content (AvgIpc) is 2.53. The molecule has 0 atom stereocenters. The molecule has 0 aromatic heterocycles. The first-order valence-corrected chi connectivity index (χ1v) is 6.52. The van der Waals surface area contributed by atoms with Gasteiger partial charge in [-0.3, -0.25) is 0 Å². The maximum absolute atomic E-state index is 11.8. The molecule has 8 nitrogen and oxygen atoms in total. The molecule has 0 unspecified atom stereocenters. The number of hydrogen-bond donors (Lipinski definition) is 4. The number of aliphatic carboxylic acids is 4. The van der Waals surface area contributed by atoms with Crippen LogP contribution in [0.25, 0.3) is 0 Å². The molecule has 0 aromatic rings. The van der Waals surface area contributed by atoms with Crippen LogP contribution in [0.4, 0.5) is 61.5 Å². The molecule has 0 saturated heterocycles. The van der Waals surface area contributed by atoms with Crippen LogP contribution >= 0.6 is 11.6 Å². The number of carboxylic acids is 4. The van der Waals surface area contributed by atoms with Crippen molar-refractivity contribution in [2.75, 3.05) is 0 Å². The van der Waals surface area contributed by atoms with Crippen molar-refractivity contribution >= 4 is 35.5 Å². The molecule has 0 spiro atoms. The van der Waals surface area contributed by atoms with Gasteiger partial charge in [-0.2, -0.15) is 61.5 Å². The standard InChI is InChI=1S/C4HF7O2.C2HClF2O2.C2HF3O2.C2H2F2O2/c5-2(6,1(12)13)3(7,8)4(9,10)11;2*3-2(4,5)1(6)7;3-1(4)2(5)6/h(H,12,13);2*(H,6,7);1H,(H,5,6). The molecule has 0 radical (unpaired) electrons. The molecule has 198 valence electrons. The van der Waals surface area contributed by atoms with Gasteiger partial charge in [-0.25, -0.2) is 19.2 Å². The van der Waals surface area contributed by atoms with Gasteiger partial charge in [-0.15, -0.1) is 0 Å². The molecule has 4 N–H and O–H groups in total. The van der Waals surface area contributed by atoms with Crippen LogP contribution in [-0.4, -0.2) is 80.3 Å². The van der Waals surface area contributed by atoms with Crippen LogP contribution in [0.15, 0.2) is 0 Å². The fourth-order valence-electron chi connectivity index (χ4n) is 0.312. The summed E-state index contributed by atoms with van der Waals surface area (Å²) in [6, 6.07) is 0. The second-order valence-corrected chi connectivity index (χ2v) is 4.67. The highest BCUT2D eigenvalue weighted by Crippen LogP contribution is 2.46. The third-order valence-electron chi connectivity index (χ3n) is 1.69. The zero-order valence-corrected chi connectivity index (χ0v) is 14.9. The summed E-state index contributed by atoms with van der Waals surface area (Å²) in [6.45, 7) is 0. The van der Waals surface area contributed by atoms with Crippen LogP contribution in [0, 0.1) is 0 Å². The summed E-state index contributed by atoms with van der Waals surface area (Å²) in [7, 11) is 0. The van der Waals surface area contributed by atoms with Gasteiger partial charge in [0.15, 0.2) is 0 Å². The Labute approximate surface area is 173 Å². The van der Waals surface area contributed by atoms with Crippen molar-refractivity contribution in [3.63, 3.8) is 0 Å². The Morgan fingerprint density at radius 1 is 0.606 bits per heavy atom. The summed E-state index contributed by atoms with van der Waals surface area (Å²) < 4.78 is 155. The first kappa shape index (κ1) is 37.5. The van der Waals surface area contributed by atoms with Gasteiger partial charge in [0, 0.05) is 0 Å². The lowest BCUT2D eigenvalue weighted by Crippen LogP contribution is -2.56. The average molecular weight is 555 g/mol. The maximum Gasteiger partial charge on any atom is 0.490 e. The van der Waals surface area contributed by atoms with E-state index in [0.717, 1.165) is 0 Å². The van der Waals surface area contributed by atoms with E-state index in [4.69, 9.17) is 34.8 Å². The highest BCUT2D eigenvalue weighted by Gasteiger charge is 2.76. The Hall–Kier alpha value is -2.81. The van der Waals surface area contributed by atoms with Gasteiger partial charge in [0.2, 0.25) is 0 Å². The monoisotopic (exact) mass is 554 g/mol. The van der Waals surface area contributed by atoms with Crippen molar-refractivity contribution in [1.82, 2.24) is 0 Å². The number of alkyl halides is 15. The molecule has 0 aliphatic heterocycles. The molecule has 33 heavy (non-hydrogen) atoms. The number of carbonyl (C=O) groups is 4. The summed E-state index contributed by atoms with van der Waals surface area (Å²) >= 11 is 3.94. The third-order valence-corrected chi connectivity index (χ3v) is 1.85. The number of halogens is 15. The maximum atomic E-state index is 11.8. The predicted molar refractivity (Wildman–Crippen MR) is 69.4 cm³/mol. The van der Waals surface area contributed by atoms with Crippen LogP contribution in [0.5, 0.6) is 0 Å². The molecule has 0 aromatic carbocycles. The second-order valence-electron chi connectivity index (χ2n) is 4.20. The molecular formula is C10H5ClF14O8. The summed E-state index contributed by atoms with van der Waals surface area (Å²) in [5, 5.41) is 25.0. The van der Waals surface area contributed by atoms with Gasteiger partial charge in [-0.05, 0) is 11.6 Å². The van der Waals surface area contributed by atoms with Crippen molar-refractivity contribution in [2.24, 2.45) is 0 Å². The minimum atomic E-state index is -6.60. The molecule has 0 bridgehead atoms. The Morgan fingerprint density at radius 3 is 0.848 bits per heavy atom. The van der Waals surface area contributed by atoms with Crippen molar-refractivity contribution in [3.05, 3.63) is 0 Å². The van der Waals surface area contributed by atoms with Gasteiger partial charge in [0.05, 0.1) is 0 Å². The van der Waals surface area contributed by atoms with E-state index in [2.05, 4.69) is 11.6 Å². The normalized spacial score (nSPS) is 12.1. The molecular weight excluding hydrogens is 550 g/mol. The highest BCUT2D eigenvalue weighted by molar-refractivity contribution is 6.30. The van der Waals surface area contributed by atoms with E-state index in [1.807, 2.05) is 0 Å². The SMILES string of the molecule is O=C(O)C(F)(F)C(F)(F)C(F)(F)F.O=C(O)C(F)(F)Cl.O=C(O)C(F)(F)F.O=C(O)C(F)F. The smallest absolute Gasteiger partial charge is 0.477 e. The van der Waals surface area contributed by atoms with E-state index >= 15 is 0 Å². The van der Waals surface area contributed by atoms with Crippen molar-refractivity contribution < 1.29 is 101 Å². The Morgan fingerprint density at radius 2 is 0.818 bits per heavy atom. The van der Waals surface area contributed by atoms with Crippen molar-refractivity contribution in [1.29, 1.82) is 0 Å².